The molecule has 13 heteroatoms. The van der Waals surface area contributed by atoms with Crippen LogP contribution in [0.25, 0.3) is 0 Å². The molecular formula is C22H26Cl2N4O6S. The SMILES string of the molecule is CC(C)NC(=O)[C@H](C)N(Cc1ccc(Cl)c(Cl)c1)C(=O)CN(c1cccc([N+](=O)[O-])c1)S(C)(=O)=O. The average molecular weight is 545 g/mol. The van der Waals surface area contributed by atoms with Crippen molar-refractivity contribution in [1.82, 2.24) is 10.2 Å². The van der Waals surface area contributed by atoms with E-state index < -0.39 is 39.3 Å². The first-order chi connectivity index (χ1) is 16.2. The highest BCUT2D eigenvalue weighted by Gasteiger charge is 2.30. The highest BCUT2D eigenvalue weighted by atomic mass is 35.5. The molecule has 0 saturated carbocycles. The van der Waals surface area contributed by atoms with Crippen molar-refractivity contribution >= 4 is 56.4 Å². The Morgan fingerprint density at radius 1 is 1.09 bits per heavy atom. The Balaban J connectivity index is 2.45. The molecule has 0 heterocycles. The molecule has 0 saturated heterocycles. The number of nitrogens with zero attached hydrogens (tertiary/aromatic N) is 3. The van der Waals surface area contributed by atoms with Crippen LogP contribution in [-0.2, 0) is 26.2 Å². The van der Waals surface area contributed by atoms with Crippen molar-refractivity contribution in [2.24, 2.45) is 0 Å². The van der Waals surface area contributed by atoms with Crippen molar-refractivity contribution in [3.8, 4) is 0 Å². The topological polar surface area (TPSA) is 130 Å². The Kier molecular flexibility index (Phi) is 9.47. The molecule has 2 amide bonds. The molecule has 1 N–H and O–H groups in total. The lowest BCUT2D eigenvalue weighted by molar-refractivity contribution is -0.384. The lowest BCUT2D eigenvalue weighted by Crippen LogP contribution is -2.52. The summed E-state index contributed by atoms with van der Waals surface area (Å²) in [5.74, 6) is -1.13. The fraction of sp³-hybridized carbons (Fsp3) is 0.364. The molecule has 1 atom stereocenters. The Hall–Kier alpha value is -2.89. The van der Waals surface area contributed by atoms with Crippen LogP contribution < -0.4 is 9.62 Å². The number of carbonyl (C=O) groups excluding carboxylic acids is 2. The lowest BCUT2D eigenvalue weighted by atomic mass is 10.1. The van der Waals surface area contributed by atoms with Gasteiger partial charge in [0, 0.05) is 24.7 Å². The molecule has 0 aliphatic carbocycles. The van der Waals surface area contributed by atoms with Gasteiger partial charge in [-0.05, 0) is 44.5 Å². The molecule has 10 nitrogen and oxygen atoms in total. The maximum absolute atomic E-state index is 13.4. The van der Waals surface area contributed by atoms with Crippen molar-refractivity contribution < 1.29 is 22.9 Å². The molecule has 0 bridgehead atoms. The summed E-state index contributed by atoms with van der Waals surface area (Å²) in [6, 6.07) is 8.51. The number of nitro benzene ring substituents is 1. The number of non-ortho nitro benzene ring substituents is 1. The fourth-order valence-corrected chi connectivity index (χ4v) is 4.36. The predicted octanol–water partition coefficient (Wildman–Crippen LogP) is 3.61. The summed E-state index contributed by atoms with van der Waals surface area (Å²) in [6.07, 6.45) is 0.886. The second-order valence-electron chi connectivity index (χ2n) is 8.16. The van der Waals surface area contributed by atoms with Gasteiger partial charge in [0.1, 0.15) is 12.6 Å². The number of hydrogen-bond acceptors (Lipinski definition) is 6. The smallest absolute Gasteiger partial charge is 0.271 e. The summed E-state index contributed by atoms with van der Waals surface area (Å²) in [7, 11) is -4.02. The van der Waals surface area contributed by atoms with Gasteiger partial charge in [-0.3, -0.25) is 24.0 Å². The second-order valence-corrected chi connectivity index (χ2v) is 10.9. The number of rotatable bonds is 10. The third-order valence-corrected chi connectivity index (χ3v) is 6.82. The standard InChI is InChI=1S/C22H26Cl2N4O6S/c1-14(2)25-22(30)15(3)26(12-16-8-9-19(23)20(24)10-16)21(29)13-27(35(4,33)34)17-6-5-7-18(11-17)28(31)32/h5-11,14-15H,12-13H2,1-4H3,(H,25,30)/t15-/m0/s1. The Morgan fingerprint density at radius 2 is 1.74 bits per heavy atom. The van der Waals surface area contributed by atoms with Gasteiger partial charge in [0.05, 0.1) is 26.9 Å². The Bertz CT molecular complexity index is 1220. The molecule has 190 valence electrons. The van der Waals surface area contributed by atoms with Crippen molar-refractivity contribution in [2.45, 2.75) is 39.4 Å². The number of carbonyl (C=O) groups is 2. The molecule has 0 radical (unpaired) electrons. The van der Waals surface area contributed by atoms with E-state index in [4.69, 9.17) is 23.2 Å². The van der Waals surface area contributed by atoms with Crippen LogP contribution in [0.5, 0.6) is 0 Å². The maximum Gasteiger partial charge on any atom is 0.271 e. The number of hydrogen-bond donors (Lipinski definition) is 1. The minimum atomic E-state index is -4.02. The van der Waals surface area contributed by atoms with Crippen molar-refractivity contribution in [1.29, 1.82) is 0 Å². The average Bonchev–Trinajstić information content (AvgIpc) is 2.76. The monoisotopic (exact) mass is 544 g/mol. The van der Waals surface area contributed by atoms with Crippen LogP contribution in [0, 0.1) is 10.1 Å². The van der Waals surface area contributed by atoms with Gasteiger partial charge >= 0.3 is 0 Å². The van der Waals surface area contributed by atoms with Crippen molar-refractivity contribution in [3.63, 3.8) is 0 Å². The van der Waals surface area contributed by atoms with E-state index in [0.717, 1.165) is 16.6 Å². The number of benzene rings is 2. The molecule has 0 unspecified atom stereocenters. The number of sulfonamides is 1. The normalized spacial score (nSPS) is 12.2. The molecular weight excluding hydrogens is 519 g/mol. The first kappa shape index (κ1) is 28.3. The van der Waals surface area contributed by atoms with Crippen molar-refractivity contribution in [2.75, 3.05) is 17.1 Å². The van der Waals surface area contributed by atoms with Crippen LogP contribution in [0.3, 0.4) is 0 Å². The fourth-order valence-electron chi connectivity index (χ4n) is 3.20. The predicted molar refractivity (Wildman–Crippen MR) is 135 cm³/mol. The van der Waals surface area contributed by atoms with Crippen LogP contribution in [0.15, 0.2) is 42.5 Å². The molecule has 2 aromatic rings. The molecule has 0 fully saturated rings. The molecule has 0 aliphatic rings. The van der Waals surface area contributed by atoms with Gasteiger partial charge < -0.3 is 10.2 Å². The first-order valence-corrected chi connectivity index (χ1v) is 13.1. The largest absolute Gasteiger partial charge is 0.352 e. The van der Waals surface area contributed by atoms with E-state index in [1.165, 1.54) is 30.0 Å². The number of anilines is 1. The molecule has 0 spiro atoms. The summed E-state index contributed by atoms with van der Waals surface area (Å²) < 4.78 is 25.8. The molecule has 0 aromatic heterocycles. The van der Waals surface area contributed by atoms with Gasteiger partial charge in [-0.1, -0.05) is 35.3 Å². The summed E-state index contributed by atoms with van der Waals surface area (Å²) in [4.78, 5) is 37.9. The van der Waals surface area contributed by atoms with Gasteiger partial charge in [0.15, 0.2) is 0 Å². The van der Waals surface area contributed by atoms with Crippen LogP contribution in [0.1, 0.15) is 26.3 Å². The van der Waals surface area contributed by atoms with Crippen LogP contribution in [0.4, 0.5) is 11.4 Å². The minimum Gasteiger partial charge on any atom is -0.352 e. The zero-order valence-electron chi connectivity index (χ0n) is 19.6. The van der Waals surface area contributed by atoms with Gasteiger partial charge in [-0.25, -0.2) is 8.42 Å². The molecule has 0 aliphatic heterocycles. The Morgan fingerprint density at radius 3 is 2.29 bits per heavy atom. The van der Waals surface area contributed by atoms with Gasteiger partial charge in [-0.15, -0.1) is 0 Å². The van der Waals surface area contributed by atoms with E-state index in [1.54, 1.807) is 32.0 Å². The number of nitrogens with one attached hydrogen (secondary N) is 1. The second kappa shape index (κ2) is 11.7. The summed E-state index contributed by atoms with van der Waals surface area (Å²) in [5.41, 5.74) is 0.183. The molecule has 35 heavy (non-hydrogen) atoms. The summed E-state index contributed by atoms with van der Waals surface area (Å²) >= 11 is 12.1. The molecule has 2 rings (SSSR count). The number of halogens is 2. The van der Waals surface area contributed by atoms with E-state index in [2.05, 4.69) is 5.32 Å². The van der Waals surface area contributed by atoms with Crippen LogP contribution in [0.2, 0.25) is 10.0 Å². The molecule has 2 aromatic carbocycles. The lowest BCUT2D eigenvalue weighted by Gasteiger charge is -2.32. The minimum absolute atomic E-state index is 0.0520. The summed E-state index contributed by atoms with van der Waals surface area (Å²) in [5, 5.41) is 14.5. The zero-order valence-corrected chi connectivity index (χ0v) is 21.9. The van der Waals surface area contributed by atoms with E-state index in [1.807, 2.05) is 0 Å². The van der Waals surface area contributed by atoms with Gasteiger partial charge in [-0.2, -0.15) is 0 Å². The maximum atomic E-state index is 13.4. The Labute approximate surface area is 214 Å². The highest BCUT2D eigenvalue weighted by Crippen LogP contribution is 2.25. The third kappa shape index (κ3) is 7.81. The zero-order chi connectivity index (χ0) is 26.5. The highest BCUT2D eigenvalue weighted by molar-refractivity contribution is 7.92. The first-order valence-electron chi connectivity index (χ1n) is 10.5. The third-order valence-electron chi connectivity index (χ3n) is 4.94. The quantitative estimate of drug-likeness (QED) is 0.359. The van der Waals surface area contributed by atoms with Crippen LogP contribution in [-0.4, -0.2) is 54.9 Å². The van der Waals surface area contributed by atoms with E-state index in [0.29, 0.717) is 10.6 Å². The van der Waals surface area contributed by atoms with E-state index in [9.17, 15) is 28.1 Å². The van der Waals surface area contributed by atoms with E-state index >= 15 is 0 Å². The summed E-state index contributed by atoms with van der Waals surface area (Å²) in [6.45, 7) is 4.31. The van der Waals surface area contributed by atoms with Crippen LogP contribution >= 0.6 is 23.2 Å². The number of amides is 2. The van der Waals surface area contributed by atoms with Crippen molar-refractivity contribution in [3.05, 3.63) is 68.2 Å². The van der Waals surface area contributed by atoms with E-state index in [-0.39, 0.29) is 29.0 Å². The van der Waals surface area contributed by atoms with Gasteiger partial charge in [0.25, 0.3) is 5.69 Å². The van der Waals surface area contributed by atoms with Gasteiger partial charge in [0.2, 0.25) is 21.8 Å². The number of nitro groups is 1.